The molecule has 0 aliphatic rings. The third-order valence-corrected chi connectivity index (χ3v) is 3.57. The minimum atomic E-state index is 0.788. The molecule has 2 rings (SSSR count). The van der Waals surface area contributed by atoms with Gasteiger partial charge in [0.15, 0.2) is 0 Å². The van der Waals surface area contributed by atoms with Crippen LogP contribution in [0.2, 0.25) is 0 Å². The predicted octanol–water partition coefficient (Wildman–Crippen LogP) is 3.94. The summed E-state index contributed by atoms with van der Waals surface area (Å²) >= 11 is 0. The maximum absolute atomic E-state index is 4.53. The molecule has 1 N–H and O–H groups in total. The summed E-state index contributed by atoms with van der Waals surface area (Å²) in [7, 11) is 0. The number of nitrogens with zero attached hydrogens (tertiary/aromatic N) is 3. The number of anilines is 3. The van der Waals surface area contributed by atoms with Crippen LogP contribution in [-0.2, 0) is 6.42 Å². The summed E-state index contributed by atoms with van der Waals surface area (Å²) in [6.45, 7) is 10.3. The van der Waals surface area contributed by atoms with Crippen molar-refractivity contribution >= 4 is 17.3 Å². The highest BCUT2D eigenvalue weighted by Crippen LogP contribution is 2.22. The first kappa shape index (κ1) is 15.3. The van der Waals surface area contributed by atoms with Crippen molar-refractivity contribution in [1.82, 2.24) is 9.97 Å². The van der Waals surface area contributed by atoms with Gasteiger partial charge in [-0.25, -0.2) is 9.97 Å². The van der Waals surface area contributed by atoms with Gasteiger partial charge in [0.1, 0.15) is 17.5 Å². The number of hydrogen-bond acceptors (Lipinski definition) is 4. The van der Waals surface area contributed by atoms with Crippen LogP contribution in [-0.4, -0.2) is 23.1 Å². The molecule has 0 amide bonds. The molecule has 0 radical (unpaired) electrons. The Morgan fingerprint density at radius 1 is 1.05 bits per heavy atom. The van der Waals surface area contributed by atoms with Gasteiger partial charge in [0.25, 0.3) is 0 Å². The fourth-order valence-electron chi connectivity index (χ4n) is 2.41. The molecule has 4 nitrogen and oxygen atoms in total. The lowest BCUT2D eigenvalue weighted by Gasteiger charge is -2.21. The standard InChI is InChI=1S/C17H24N4/c1-5-14-10-8-9-11-15(14)20-16-12-17(19-13(4)18-16)21(6-2)7-3/h8-12H,5-7H2,1-4H3,(H,18,19,20). The van der Waals surface area contributed by atoms with E-state index < -0.39 is 0 Å². The van der Waals surface area contributed by atoms with Crippen LogP contribution in [0.15, 0.2) is 30.3 Å². The van der Waals surface area contributed by atoms with Gasteiger partial charge in [-0.3, -0.25) is 0 Å². The summed E-state index contributed by atoms with van der Waals surface area (Å²) in [5, 5.41) is 3.43. The van der Waals surface area contributed by atoms with Gasteiger partial charge >= 0.3 is 0 Å². The van der Waals surface area contributed by atoms with Gasteiger partial charge in [0.2, 0.25) is 0 Å². The van der Waals surface area contributed by atoms with E-state index >= 15 is 0 Å². The number of para-hydroxylation sites is 1. The van der Waals surface area contributed by atoms with Crippen LogP contribution in [0.3, 0.4) is 0 Å². The Labute approximate surface area is 127 Å². The van der Waals surface area contributed by atoms with Crippen molar-refractivity contribution in [1.29, 1.82) is 0 Å². The van der Waals surface area contributed by atoms with Crippen molar-refractivity contribution in [3.63, 3.8) is 0 Å². The lowest BCUT2D eigenvalue weighted by atomic mass is 10.1. The lowest BCUT2D eigenvalue weighted by Crippen LogP contribution is -2.23. The summed E-state index contributed by atoms with van der Waals surface area (Å²) in [4.78, 5) is 11.3. The molecule has 0 aliphatic heterocycles. The quantitative estimate of drug-likeness (QED) is 0.872. The first-order valence-electron chi connectivity index (χ1n) is 7.63. The summed E-state index contributed by atoms with van der Waals surface area (Å²) in [6, 6.07) is 10.4. The Hall–Kier alpha value is -2.10. The number of aromatic nitrogens is 2. The van der Waals surface area contributed by atoms with Crippen LogP contribution in [0.4, 0.5) is 17.3 Å². The van der Waals surface area contributed by atoms with E-state index in [2.05, 4.69) is 59.2 Å². The molecule has 1 aromatic carbocycles. The van der Waals surface area contributed by atoms with E-state index in [0.29, 0.717) is 0 Å². The second kappa shape index (κ2) is 7.07. The topological polar surface area (TPSA) is 41.0 Å². The van der Waals surface area contributed by atoms with E-state index in [0.717, 1.165) is 42.7 Å². The van der Waals surface area contributed by atoms with E-state index in [9.17, 15) is 0 Å². The van der Waals surface area contributed by atoms with E-state index in [4.69, 9.17) is 0 Å². The van der Waals surface area contributed by atoms with Gasteiger partial charge in [-0.2, -0.15) is 0 Å². The molecule has 21 heavy (non-hydrogen) atoms. The van der Waals surface area contributed by atoms with Crippen LogP contribution in [0.5, 0.6) is 0 Å². The van der Waals surface area contributed by atoms with Crippen LogP contribution in [0, 0.1) is 6.92 Å². The molecule has 0 unspecified atom stereocenters. The average Bonchev–Trinajstić information content (AvgIpc) is 2.48. The molecule has 0 saturated carbocycles. The number of benzene rings is 1. The molecule has 0 bridgehead atoms. The molecule has 0 aliphatic carbocycles. The van der Waals surface area contributed by atoms with Crippen LogP contribution in [0.1, 0.15) is 32.2 Å². The van der Waals surface area contributed by atoms with Crippen molar-refractivity contribution in [3.05, 3.63) is 41.7 Å². The van der Waals surface area contributed by atoms with Crippen molar-refractivity contribution in [2.24, 2.45) is 0 Å². The third kappa shape index (κ3) is 3.72. The average molecular weight is 284 g/mol. The zero-order valence-corrected chi connectivity index (χ0v) is 13.3. The first-order chi connectivity index (χ1) is 10.2. The fourth-order valence-corrected chi connectivity index (χ4v) is 2.41. The van der Waals surface area contributed by atoms with Crippen molar-refractivity contribution in [3.8, 4) is 0 Å². The van der Waals surface area contributed by atoms with Crippen molar-refractivity contribution in [2.45, 2.75) is 34.1 Å². The number of hydrogen-bond donors (Lipinski definition) is 1. The Morgan fingerprint density at radius 2 is 1.76 bits per heavy atom. The highest BCUT2D eigenvalue weighted by Gasteiger charge is 2.08. The highest BCUT2D eigenvalue weighted by molar-refractivity contribution is 5.63. The van der Waals surface area contributed by atoms with Gasteiger partial charge in [0, 0.05) is 24.8 Å². The molecule has 1 aromatic heterocycles. The van der Waals surface area contributed by atoms with E-state index in [-0.39, 0.29) is 0 Å². The van der Waals surface area contributed by atoms with Gasteiger partial charge < -0.3 is 10.2 Å². The van der Waals surface area contributed by atoms with Gasteiger partial charge in [-0.05, 0) is 38.8 Å². The van der Waals surface area contributed by atoms with E-state index in [1.807, 2.05) is 19.1 Å². The SMILES string of the molecule is CCc1ccccc1Nc1cc(N(CC)CC)nc(C)n1. The molecule has 2 aromatic rings. The normalized spacial score (nSPS) is 10.5. The summed E-state index contributed by atoms with van der Waals surface area (Å²) in [6.07, 6.45) is 0.996. The molecular formula is C17H24N4. The van der Waals surface area contributed by atoms with E-state index in [1.54, 1.807) is 0 Å². The summed E-state index contributed by atoms with van der Waals surface area (Å²) in [5.74, 6) is 2.62. The Kier molecular flexibility index (Phi) is 5.14. The minimum absolute atomic E-state index is 0.788. The maximum atomic E-state index is 4.53. The summed E-state index contributed by atoms with van der Waals surface area (Å²) < 4.78 is 0. The predicted molar refractivity (Wildman–Crippen MR) is 89.4 cm³/mol. The monoisotopic (exact) mass is 284 g/mol. The van der Waals surface area contributed by atoms with E-state index in [1.165, 1.54) is 5.56 Å². The molecular weight excluding hydrogens is 260 g/mol. The Morgan fingerprint density at radius 3 is 2.43 bits per heavy atom. The third-order valence-electron chi connectivity index (χ3n) is 3.57. The largest absolute Gasteiger partial charge is 0.357 e. The lowest BCUT2D eigenvalue weighted by molar-refractivity contribution is 0.835. The molecule has 0 saturated heterocycles. The van der Waals surface area contributed by atoms with Crippen LogP contribution < -0.4 is 10.2 Å². The molecule has 4 heteroatoms. The fraction of sp³-hybridized carbons (Fsp3) is 0.412. The molecule has 112 valence electrons. The highest BCUT2D eigenvalue weighted by atomic mass is 15.2. The first-order valence-corrected chi connectivity index (χ1v) is 7.63. The zero-order valence-electron chi connectivity index (χ0n) is 13.3. The summed E-state index contributed by atoms with van der Waals surface area (Å²) in [5.41, 5.74) is 2.40. The van der Waals surface area contributed by atoms with Gasteiger partial charge in [-0.15, -0.1) is 0 Å². The molecule has 1 heterocycles. The van der Waals surface area contributed by atoms with Crippen molar-refractivity contribution < 1.29 is 0 Å². The Bertz CT molecular complexity index is 591. The smallest absolute Gasteiger partial charge is 0.136 e. The number of aryl methyl sites for hydroxylation is 2. The van der Waals surface area contributed by atoms with Crippen LogP contribution >= 0.6 is 0 Å². The maximum Gasteiger partial charge on any atom is 0.136 e. The van der Waals surface area contributed by atoms with Crippen LogP contribution in [0.25, 0.3) is 0 Å². The second-order valence-corrected chi connectivity index (χ2v) is 4.97. The van der Waals surface area contributed by atoms with Gasteiger partial charge in [0.05, 0.1) is 0 Å². The van der Waals surface area contributed by atoms with Gasteiger partial charge in [-0.1, -0.05) is 25.1 Å². The second-order valence-electron chi connectivity index (χ2n) is 4.97. The number of nitrogens with one attached hydrogen (secondary N) is 1. The van der Waals surface area contributed by atoms with Crippen molar-refractivity contribution in [2.75, 3.05) is 23.3 Å². The Balaban J connectivity index is 2.32. The minimum Gasteiger partial charge on any atom is -0.357 e. The molecule has 0 spiro atoms. The molecule has 0 fully saturated rings. The zero-order chi connectivity index (χ0) is 15.2. The molecule has 0 atom stereocenters. The number of rotatable bonds is 6.